The molecule has 7 aliphatic rings. The molecule has 2 aliphatic carbocycles. The summed E-state index contributed by atoms with van der Waals surface area (Å²) >= 11 is 0. The van der Waals surface area contributed by atoms with E-state index in [0.717, 1.165) is 25.7 Å². The number of piperidine rings is 2. The van der Waals surface area contributed by atoms with Crippen LogP contribution >= 0.6 is 0 Å². The highest BCUT2D eigenvalue weighted by Gasteiger charge is 2.81. The van der Waals surface area contributed by atoms with Crippen LogP contribution in [0.2, 0.25) is 0 Å². The number of fused-ring (bicyclic) bond motifs is 4. The SMILES string of the molecule is CC(C)[C@H]1CC[C@@]2(C)[C@@H]3CC[C@]45CCC[C@H]4[C@@]2(CC[C@H](O)[C@]2(C)CO[C@@]4(C)CC[C@@H]2O4)[C@H]1N5[C@H]3O. The van der Waals surface area contributed by atoms with E-state index in [1.165, 1.54) is 44.9 Å². The summed E-state index contributed by atoms with van der Waals surface area (Å²) in [6.45, 7) is 12.3. The predicted octanol–water partition coefficient (Wildman–Crippen LogP) is 5.08. The molecule has 7 bridgehead atoms. The van der Waals surface area contributed by atoms with Crippen molar-refractivity contribution in [2.45, 2.75) is 141 Å². The van der Waals surface area contributed by atoms with Gasteiger partial charge >= 0.3 is 0 Å². The van der Waals surface area contributed by atoms with Gasteiger partial charge in [0, 0.05) is 29.3 Å². The zero-order chi connectivity index (χ0) is 24.6. The summed E-state index contributed by atoms with van der Waals surface area (Å²) in [7, 11) is 0. The maximum absolute atomic E-state index is 11.9. The molecule has 5 aliphatic heterocycles. The van der Waals surface area contributed by atoms with Crippen LogP contribution in [0.5, 0.6) is 0 Å². The van der Waals surface area contributed by atoms with E-state index in [4.69, 9.17) is 9.47 Å². The van der Waals surface area contributed by atoms with E-state index < -0.39 is 11.9 Å². The van der Waals surface area contributed by atoms with E-state index in [1.807, 2.05) is 0 Å². The fraction of sp³-hybridized carbons (Fsp3) is 1.00. The zero-order valence-corrected chi connectivity index (χ0v) is 22.8. The van der Waals surface area contributed by atoms with Crippen LogP contribution in [0, 0.1) is 39.9 Å². The molecule has 35 heavy (non-hydrogen) atoms. The average Bonchev–Trinajstić information content (AvgIpc) is 3.42. The Kier molecular flexibility index (Phi) is 4.95. The van der Waals surface area contributed by atoms with Gasteiger partial charge in [-0.1, -0.05) is 34.1 Å². The van der Waals surface area contributed by atoms with Crippen LogP contribution in [0.15, 0.2) is 0 Å². The van der Waals surface area contributed by atoms with Crippen molar-refractivity contribution in [1.29, 1.82) is 0 Å². The van der Waals surface area contributed by atoms with Crippen LogP contribution in [-0.4, -0.2) is 57.5 Å². The quantitative estimate of drug-likeness (QED) is 0.566. The van der Waals surface area contributed by atoms with E-state index in [9.17, 15) is 10.2 Å². The minimum Gasteiger partial charge on any atom is -0.392 e. The fourth-order valence-corrected chi connectivity index (χ4v) is 11.9. The first-order chi connectivity index (χ1) is 16.5. The van der Waals surface area contributed by atoms with Gasteiger partial charge in [-0.2, -0.15) is 0 Å². The van der Waals surface area contributed by atoms with E-state index >= 15 is 0 Å². The first-order valence-electron chi connectivity index (χ1n) is 15.0. The summed E-state index contributed by atoms with van der Waals surface area (Å²) in [6, 6.07) is 0.465. The van der Waals surface area contributed by atoms with Crippen molar-refractivity contribution < 1.29 is 19.7 Å². The van der Waals surface area contributed by atoms with Gasteiger partial charge in [0.2, 0.25) is 0 Å². The number of aliphatic hydroxyl groups excluding tert-OH is 2. The van der Waals surface area contributed by atoms with Crippen LogP contribution in [0.1, 0.15) is 105 Å². The number of rotatable bonds is 5. The van der Waals surface area contributed by atoms with Crippen LogP contribution in [-0.2, 0) is 9.47 Å². The second kappa shape index (κ2) is 7.25. The van der Waals surface area contributed by atoms with E-state index in [2.05, 4.69) is 39.5 Å². The third kappa shape index (κ3) is 2.64. The monoisotopic (exact) mass is 487 g/mol. The lowest BCUT2D eigenvalue weighted by Gasteiger charge is -2.68. The minimum atomic E-state index is -0.446. The summed E-state index contributed by atoms with van der Waals surface area (Å²) < 4.78 is 12.5. The van der Waals surface area contributed by atoms with E-state index in [1.54, 1.807) is 0 Å². The fourth-order valence-electron chi connectivity index (χ4n) is 11.9. The molecule has 1 spiro atoms. The highest BCUT2D eigenvalue weighted by molar-refractivity contribution is 5.32. The molecular weight excluding hydrogens is 438 g/mol. The van der Waals surface area contributed by atoms with Gasteiger partial charge in [0.05, 0.1) is 18.8 Å². The standard InChI is InChI=1S/C30H49NO4/c1-18(2)19-8-13-27(4)20-9-15-29-12-6-7-21(29)30(27,24(19)31(29)25(20)33)16-10-22(32)26(3)17-34-28(5)14-11-23(26)35-28/h18-25,32-33H,6-17H2,1-5H3/t19-,20-,21-,22+,23+,24+,25+,26+,27+,28-,29-,30+/m1/s1. The van der Waals surface area contributed by atoms with Gasteiger partial charge in [-0.15, -0.1) is 0 Å². The minimum absolute atomic E-state index is 0.0921. The van der Waals surface area contributed by atoms with Crippen LogP contribution in [0.3, 0.4) is 0 Å². The molecular formula is C30H49NO4. The Bertz CT molecular complexity index is 896. The molecule has 2 saturated carbocycles. The van der Waals surface area contributed by atoms with Crippen molar-refractivity contribution in [2.75, 3.05) is 6.61 Å². The van der Waals surface area contributed by atoms with E-state index in [0.29, 0.717) is 36.3 Å². The molecule has 7 fully saturated rings. The molecule has 198 valence electrons. The average molecular weight is 488 g/mol. The van der Waals surface area contributed by atoms with Crippen molar-refractivity contribution in [2.24, 2.45) is 39.9 Å². The van der Waals surface area contributed by atoms with Crippen molar-refractivity contribution >= 4 is 0 Å². The van der Waals surface area contributed by atoms with Crippen molar-refractivity contribution in [3.05, 3.63) is 0 Å². The molecule has 0 aromatic heterocycles. The number of hydrogen-bond donors (Lipinski definition) is 2. The van der Waals surface area contributed by atoms with Crippen molar-refractivity contribution in [3.8, 4) is 0 Å². The number of aliphatic hydroxyl groups is 2. The smallest absolute Gasteiger partial charge is 0.166 e. The second-order valence-corrected chi connectivity index (χ2v) is 15.0. The van der Waals surface area contributed by atoms with Gasteiger partial charge in [-0.3, -0.25) is 4.90 Å². The van der Waals surface area contributed by atoms with Gasteiger partial charge in [0.25, 0.3) is 0 Å². The normalized spacial score (nSPS) is 60.9. The third-order valence-corrected chi connectivity index (χ3v) is 13.7. The summed E-state index contributed by atoms with van der Waals surface area (Å²) in [5, 5.41) is 23.7. The Morgan fingerprint density at radius 1 is 1.00 bits per heavy atom. The summed E-state index contributed by atoms with van der Waals surface area (Å²) in [6.07, 6.45) is 12.1. The third-order valence-electron chi connectivity index (χ3n) is 13.7. The van der Waals surface area contributed by atoms with Gasteiger partial charge < -0.3 is 19.7 Å². The molecule has 13 atom stereocenters. The van der Waals surface area contributed by atoms with Crippen molar-refractivity contribution in [3.63, 3.8) is 0 Å². The van der Waals surface area contributed by atoms with Crippen LogP contribution in [0.4, 0.5) is 0 Å². The highest BCUT2D eigenvalue weighted by Crippen LogP contribution is 2.80. The number of nitrogens with zero attached hydrogens (tertiary/aromatic N) is 1. The molecule has 0 radical (unpaired) electrons. The van der Waals surface area contributed by atoms with E-state index in [-0.39, 0.29) is 34.1 Å². The molecule has 5 saturated heterocycles. The lowest BCUT2D eigenvalue weighted by molar-refractivity contribution is -0.304. The Labute approximate surface area is 212 Å². The molecule has 0 aromatic carbocycles. The van der Waals surface area contributed by atoms with Crippen LogP contribution in [0.25, 0.3) is 0 Å². The number of ether oxygens (including phenoxy) is 2. The van der Waals surface area contributed by atoms with Gasteiger partial charge in [0.15, 0.2) is 5.79 Å². The molecule has 1 unspecified atom stereocenters. The largest absolute Gasteiger partial charge is 0.392 e. The van der Waals surface area contributed by atoms with Gasteiger partial charge in [-0.25, -0.2) is 0 Å². The summed E-state index contributed by atoms with van der Waals surface area (Å²) in [5.41, 5.74) is 0.237. The first-order valence-corrected chi connectivity index (χ1v) is 15.0. The Hall–Kier alpha value is -0.200. The maximum atomic E-state index is 11.9. The van der Waals surface area contributed by atoms with Gasteiger partial charge in [-0.05, 0) is 93.3 Å². The van der Waals surface area contributed by atoms with Gasteiger partial charge in [0.1, 0.15) is 6.23 Å². The lowest BCUT2D eigenvalue weighted by atomic mass is 9.42. The molecule has 5 heterocycles. The highest BCUT2D eigenvalue weighted by atomic mass is 16.7. The topological polar surface area (TPSA) is 62.2 Å². The molecule has 0 aromatic rings. The molecule has 7 rings (SSSR count). The Morgan fingerprint density at radius 3 is 2.57 bits per heavy atom. The Balaban J connectivity index is 1.27. The molecule has 0 amide bonds. The molecule has 5 heteroatoms. The lowest BCUT2D eigenvalue weighted by Crippen LogP contribution is -2.72. The molecule has 2 N–H and O–H groups in total. The summed E-state index contributed by atoms with van der Waals surface area (Å²) in [4.78, 5) is 2.73. The first kappa shape index (κ1) is 23.9. The molecule has 5 nitrogen and oxygen atoms in total. The maximum Gasteiger partial charge on any atom is 0.166 e. The predicted molar refractivity (Wildman–Crippen MR) is 134 cm³/mol. The summed E-state index contributed by atoms with van der Waals surface area (Å²) in [5.74, 6) is 1.88. The van der Waals surface area contributed by atoms with Crippen molar-refractivity contribution in [1.82, 2.24) is 4.90 Å². The van der Waals surface area contributed by atoms with Crippen LogP contribution < -0.4 is 0 Å². The second-order valence-electron chi connectivity index (χ2n) is 15.0. The zero-order valence-electron chi connectivity index (χ0n) is 22.8. The Morgan fingerprint density at radius 2 is 1.80 bits per heavy atom. The number of hydrogen-bond acceptors (Lipinski definition) is 5.